The molecule has 106 valence electrons. The third kappa shape index (κ3) is 3.92. The second-order valence-corrected chi connectivity index (χ2v) is 5.40. The highest BCUT2D eigenvalue weighted by Crippen LogP contribution is 2.24. The molecule has 1 aliphatic heterocycles. The minimum Gasteiger partial charge on any atom is -0.497 e. The monoisotopic (exact) mass is 329 g/mol. The minimum atomic E-state index is 0.0943. The summed E-state index contributed by atoms with van der Waals surface area (Å²) < 4.78 is 17.6. The summed E-state index contributed by atoms with van der Waals surface area (Å²) in [5, 5.41) is 3.32. The quantitative estimate of drug-likeness (QED) is 0.897. The van der Waals surface area contributed by atoms with Gasteiger partial charge in [-0.05, 0) is 37.2 Å². The van der Waals surface area contributed by atoms with Crippen molar-refractivity contribution in [1.82, 2.24) is 5.32 Å². The summed E-state index contributed by atoms with van der Waals surface area (Å²) in [5.74, 6) is 0.869. The number of nitrogens with one attached hydrogen (secondary N) is 1. The van der Waals surface area contributed by atoms with Gasteiger partial charge in [0.05, 0.1) is 33.0 Å². The molecular formula is C14H20BrNO3. The van der Waals surface area contributed by atoms with Crippen LogP contribution in [0, 0.1) is 0 Å². The van der Waals surface area contributed by atoms with E-state index in [-0.39, 0.29) is 12.1 Å². The molecule has 0 saturated carbocycles. The molecular weight excluding hydrogens is 310 g/mol. The number of hydrogen-bond acceptors (Lipinski definition) is 4. The van der Waals surface area contributed by atoms with Crippen molar-refractivity contribution in [3.05, 3.63) is 28.2 Å². The normalized spacial score (nSPS) is 21.1. The Balaban J connectivity index is 2.08. The van der Waals surface area contributed by atoms with E-state index in [0.717, 1.165) is 16.6 Å². The van der Waals surface area contributed by atoms with E-state index in [2.05, 4.69) is 27.3 Å². The van der Waals surface area contributed by atoms with Gasteiger partial charge in [0.25, 0.3) is 0 Å². The highest BCUT2D eigenvalue weighted by Gasteiger charge is 2.24. The van der Waals surface area contributed by atoms with Crippen LogP contribution < -0.4 is 10.1 Å². The maximum atomic E-state index is 5.77. The molecule has 5 heteroatoms. The molecule has 2 atom stereocenters. The van der Waals surface area contributed by atoms with Crippen molar-refractivity contribution in [2.24, 2.45) is 0 Å². The topological polar surface area (TPSA) is 39.7 Å². The maximum Gasteiger partial charge on any atom is 0.119 e. The van der Waals surface area contributed by atoms with E-state index in [9.17, 15) is 0 Å². The molecule has 0 amide bonds. The summed E-state index contributed by atoms with van der Waals surface area (Å²) in [4.78, 5) is 0. The summed E-state index contributed by atoms with van der Waals surface area (Å²) in [6.45, 7) is 2.00. The van der Waals surface area contributed by atoms with Crippen molar-refractivity contribution in [3.63, 3.8) is 0 Å². The molecule has 4 nitrogen and oxygen atoms in total. The van der Waals surface area contributed by atoms with E-state index >= 15 is 0 Å². The molecule has 1 aromatic carbocycles. The number of hydrogen-bond donors (Lipinski definition) is 1. The Hall–Kier alpha value is -0.620. The number of rotatable bonds is 5. The highest BCUT2D eigenvalue weighted by molar-refractivity contribution is 9.10. The van der Waals surface area contributed by atoms with Gasteiger partial charge in [0.15, 0.2) is 0 Å². The van der Waals surface area contributed by atoms with Crippen LogP contribution in [0.15, 0.2) is 22.7 Å². The standard InChI is InChI=1S/C14H20BrNO3/c1-16-13(14-9-18-5-6-19-14)8-10-7-11(17-2)3-4-12(10)15/h3-4,7,13-14,16H,5-6,8-9H2,1-2H3. The third-order valence-electron chi connectivity index (χ3n) is 3.35. The third-order valence-corrected chi connectivity index (χ3v) is 4.13. The molecule has 1 heterocycles. The Morgan fingerprint density at radius 3 is 2.95 bits per heavy atom. The second kappa shape index (κ2) is 7.24. The van der Waals surface area contributed by atoms with Crippen molar-refractivity contribution in [1.29, 1.82) is 0 Å². The summed E-state index contributed by atoms with van der Waals surface area (Å²) >= 11 is 3.59. The smallest absolute Gasteiger partial charge is 0.119 e. The van der Waals surface area contributed by atoms with E-state index in [1.165, 1.54) is 5.56 Å². The fraction of sp³-hybridized carbons (Fsp3) is 0.571. The van der Waals surface area contributed by atoms with Crippen LogP contribution in [0.5, 0.6) is 5.75 Å². The second-order valence-electron chi connectivity index (χ2n) is 4.54. The number of benzene rings is 1. The summed E-state index contributed by atoms with van der Waals surface area (Å²) in [6.07, 6.45) is 0.958. The maximum absolute atomic E-state index is 5.77. The molecule has 0 aliphatic carbocycles. The van der Waals surface area contributed by atoms with E-state index < -0.39 is 0 Å². The molecule has 0 aromatic heterocycles. The summed E-state index contributed by atoms with van der Waals surface area (Å²) in [7, 11) is 3.64. The molecule has 1 N–H and O–H groups in total. The predicted octanol–water partition coefficient (Wildman–Crippen LogP) is 2.00. The average molecular weight is 330 g/mol. The first-order chi connectivity index (χ1) is 9.24. The zero-order valence-electron chi connectivity index (χ0n) is 11.3. The van der Waals surface area contributed by atoms with E-state index in [1.54, 1.807) is 7.11 Å². The Morgan fingerprint density at radius 1 is 1.47 bits per heavy atom. The molecule has 1 aliphatic rings. The molecule has 1 aromatic rings. The van der Waals surface area contributed by atoms with Crippen molar-refractivity contribution in [2.45, 2.75) is 18.6 Å². The lowest BCUT2D eigenvalue weighted by molar-refractivity contribution is -0.100. The number of ether oxygens (including phenoxy) is 3. The first-order valence-electron chi connectivity index (χ1n) is 6.43. The molecule has 2 rings (SSSR count). The molecule has 1 fully saturated rings. The van der Waals surface area contributed by atoms with Gasteiger partial charge in [0, 0.05) is 10.5 Å². The fourth-order valence-corrected chi connectivity index (χ4v) is 2.64. The van der Waals surface area contributed by atoms with Crippen LogP contribution in [0.1, 0.15) is 5.56 Å². The molecule has 0 radical (unpaired) electrons. The Kier molecular flexibility index (Phi) is 5.63. The number of likely N-dealkylation sites (N-methyl/N-ethyl adjacent to an activating group) is 1. The van der Waals surface area contributed by atoms with Crippen molar-refractivity contribution >= 4 is 15.9 Å². The lowest BCUT2D eigenvalue weighted by Crippen LogP contribution is -2.46. The van der Waals surface area contributed by atoms with Gasteiger partial charge in [-0.1, -0.05) is 15.9 Å². The SMILES string of the molecule is CNC(Cc1cc(OC)ccc1Br)C1COCCO1. The molecule has 0 bridgehead atoms. The van der Waals surface area contributed by atoms with Crippen LogP contribution in [0.4, 0.5) is 0 Å². The van der Waals surface area contributed by atoms with Crippen molar-refractivity contribution in [2.75, 3.05) is 34.0 Å². The Labute approximate surface area is 122 Å². The van der Waals surface area contributed by atoms with Gasteiger partial charge in [-0.3, -0.25) is 0 Å². The van der Waals surface area contributed by atoms with Crippen LogP contribution in [0.25, 0.3) is 0 Å². The van der Waals surface area contributed by atoms with Crippen LogP contribution in [-0.4, -0.2) is 46.1 Å². The van der Waals surface area contributed by atoms with E-state index in [4.69, 9.17) is 14.2 Å². The highest BCUT2D eigenvalue weighted by atomic mass is 79.9. The van der Waals surface area contributed by atoms with Gasteiger partial charge in [0.1, 0.15) is 5.75 Å². The average Bonchev–Trinajstić information content (AvgIpc) is 2.47. The summed E-state index contributed by atoms with van der Waals surface area (Å²) in [5.41, 5.74) is 1.20. The van der Waals surface area contributed by atoms with Gasteiger partial charge in [-0.15, -0.1) is 0 Å². The zero-order chi connectivity index (χ0) is 13.7. The van der Waals surface area contributed by atoms with E-state index in [1.807, 2.05) is 19.2 Å². The van der Waals surface area contributed by atoms with Crippen molar-refractivity contribution in [3.8, 4) is 5.75 Å². The van der Waals surface area contributed by atoms with Crippen molar-refractivity contribution < 1.29 is 14.2 Å². The lowest BCUT2D eigenvalue weighted by Gasteiger charge is -2.30. The Bertz CT molecular complexity index is 408. The molecule has 0 spiro atoms. The van der Waals surface area contributed by atoms with Gasteiger partial charge >= 0.3 is 0 Å². The van der Waals surface area contributed by atoms with E-state index in [0.29, 0.717) is 19.8 Å². The predicted molar refractivity (Wildman–Crippen MR) is 77.8 cm³/mol. The van der Waals surface area contributed by atoms with Crippen LogP contribution in [0.3, 0.4) is 0 Å². The number of halogens is 1. The lowest BCUT2D eigenvalue weighted by atomic mass is 10.0. The fourth-order valence-electron chi connectivity index (χ4n) is 2.23. The van der Waals surface area contributed by atoms with Gasteiger partial charge in [-0.25, -0.2) is 0 Å². The molecule has 1 saturated heterocycles. The Morgan fingerprint density at radius 2 is 2.32 bits per heavy atom. The first-order valence-corrected chi connectivity index (χ1v) is 7.23. The number of methoxy groups -OCH3 is 1. The molecule has 19 heavy (non-hydrogen) atoms. The summed E-state index contributed by atoms with van der Waals surface area (Å²) in [6, 6.07) is 6.24. The van der Waals surface area contributed by atoms with Crippen LogP contribution in [0.2, 0.25) is 0 Å². The van der Waals surface area contributed by atoms with Gasteiger partial charge in [0.2, 0.25) is 0 Å². The van der Waals surface area contributed by atoms with Crippen LogP contribution >= 0.6 is 15.9 Å². The molecule has 2 unspecified atom stereocenters. The van der Waals surface area contributed by atoms with Crippen LogP contribution in [-0.2, 0) is 15.9 Å². The zero-order valence-corrected chi connectivity index (χ0v) is 12.9. The van der Waals surface area contributed by atoms with Gasteiger partial charge < -0.3 is 19.5 Å². The first kappa shape index (κ1) is 14.8. The minimum absolute atomic E-state index is 0.0943. The largest absolute Gasteiger partial charge is 0.497 e. The van der Waals surface area contributed by atoms with Gasteiger partial charge in [-0.2, -0.15) is 0 Å².